The fourth-order valence-electron chi connectivity index (χ4n) is 2.74. The average Bonchev–Trinajstić information content (AvgIpc) is 2.93. The minimum Gasteiger partial charge on any atom is -0.487 e. The van der Waals surface area contributed by atoms with Gasteiger partial charge in [-0.05, 0) is 30.2 Å². The zero-order valence-corrected chi connectivity index (χ0v) is 13.5. The molecule has 0 saturated carbocycles. The Kier molecular flexibility index (Phi) is 5.14. The predicted molar refractivity (Wildman–Crippen MR) is 92.8 cm³/mol. The molecule has 0 unspecified atom stereocenters. The first-order valence-corrected chi connectivity index (χ1v) is 7.97. The molecule has 0 saturated heterocycles. The number of aryl methyl sites for hydroxylation is 1. The van der Waals surface area contributed by atoms with Crippen molar-refractivity contribution in [2.75, 3.05) is 18.9 Å². The fraction of sp³-hybridized carbons (Fsp3) is 0.278. The number of anilines is 1. The Labute approximate surface area is 143 Å². The van der Waals surface area contributed by atoms with E-state index in [1.807, 2.05) is 30.3 Å². The Balaban J connectivity index is 2.02. The molecule has 0 bridgehead atoms. The molecule has 0 fully saturated rings. The maximum Gasteiger partial charge on any atom is 0.272 e. The lowest BCUT2D eigenvalue weighted by atomic mass is 10.0. The number of nitrogens with two attached hydrogens (primary N) is 1. The number of aliphatic hydroxyl groups excluding tert-OH is 1. The van der Waals surface area contributed by atoms with Crippen LogP contribution in [0, 0.1) is 0 Å². The third kappa shape index (κ3) is 3.71. The summed E-state index contributed by atoms with van der Waals surface area (Å²) >= 11 is 0. The smallest absolute Gasteiger partial charge is 0.272 e. The van der Waals surface area contributed by atoms with Crippen molar-refractivity contribution in [3.8, 4) is 16.9 Å². The van der Waals surface area contributed by atoms with Gasteiger partial charge in [-0.1, -0.05) is 24.3 Å². The van der Waals surface area contributed by atoms with Gasteiger partial charge in [-0.2, -0.15) is 5.10 Å². The van der Waals surface area contributed by atoms with Crippen molar-refractivity contribution in [3.05, 3.63) is 42.5 Å². The molecule has 25 heavy (non-hydrogen) atoms. The molecule has 2 aromatic carbocycles. The van der Waals surface area contributed by atoms with Crippen LogP contribution in [0.2, 0.25) is 0 Å². The molecule has 1 aromatic heterocycles. The van der Waals surface area contributed by atoms with Gasteiger partial charge in [0.2, 0.25) is 0 Å². The van der Waals surface area contributed by atoms with E-state index >= 15 is 0 Å². The molecule has 3 N–H and O–H groups in total. The Morgan fingerprint density at radius 2 is 2.00 bits per heavy atom. The number of para-hydroxylation sites is 1. The maximum absolute atomic E-state index is 12.5. The second-order valence-electron chi connectivity index (χ2n) is 5.62. The summed E-state index contributed by atoms with van der Waals surface area (Å²) in [5, 5.41) is 14.1. The van der Waals surface area contributed by atoms with Crippen molar-refractivity contribution in [1.82, 2.24) is 9.78 Å². The van der Waals surface area contributed by atoms with E-state index in [0.717, 1.165) is 22.0 Å². The van der Waals surface area contributed by atoms with Gasteiger partial charge in [0.15, 0.2) is 5.82 Å². The van der Waals surface area contributed by atoms with Crippen LogP contribution in [0.4, 0.5) is 14.6 Å². The number of halogens is 2. The van der Waals surface area contributed by atoms with Crippen molar-refractivity contribution >= 4 is 16.7 Å². The largest absolute Gasteiger partial charge is 0.487 e. The molecule has 0 aliphatic rings. The zero-order valence-electron chi connectivity index (χ0n) is 13.5. The summed E-state index contributed by atoms with van der Waals surface area (Å²) < 4.78 is 31.9. The second kappa shape index (κ2) is 7.48. The molecule has 0 aliphatic heterocycles. The van der Waals surface area contributed by atoms with Crippen LogP contribution in [-0.2, 0) is 6.54 Å². The van der Waals surface area contributed by atoms with Gasteiger partial charge in [0.1, 0.15) is 12.4 Å². The average molecular weight is 347 g/mol. The highest BCUT2D eigenvalue weighted by molar-refractivity contribution is 5.92. The third-order valence-electron chi connectivity index (χ3n) is 3.87. The number of aromatic nitrogens is 2. The molecule has 7 heteroatoms. The number of ether oxygens (including phenoxy) is 1. The lowest BCUT2D eigenvalue weighted by Crippen LogP contribution is -2.07. The van der Waals surface area contributed by atoms with Crippen molar-refractivity contribution in [2.45, 2.75) is 19.4 Å². The van der Waals surface area contributed by atoms with Gasteiger partial charge in [0.25, 0.3) is 6.43 Å². The van der Waals surface area contributed by atoms with Crippen LogP contribution >= 0.6 is 0 Å². The molecule has 0 radical (unpaired) electrons. The Bertz CT molecular complexity index is 865. The van der Waals surface area contributed by atoms with Gasteiger partial charge in [-0.3, -0.25) is 4.68 Å². The molecule has 0 amide bonds. The molecule has 3 rings (SSSR count). The molecule has 5 nitrogen and oxygen atoms in total. The van der Waals surface area contributed by atoms with Crippen molar-refractivity contribution in [3.63, 3.8) is 0 Å². The fourth-order valence-corrected chi connectivity index (χ4v) is 2.74. The summed E-state index contributed by atoms with van der Waals surface area (Å²) in [5.41, 5.74) is 8.31. The number of alkyl halides is 2. The molecule has 132 valence electrons. The van der Waals surface area contributed by atoms with E-state index in [-0.39, 0.29) is 6.61 Å². The first kappa shape index (κ1) is 17.2. The molecule has 1 heterocycles. The van der Waals surface area contributed by atoms with Gasteiger partial charge in [0.05, 0.1) is 5.52 Å². The number of benzene rings is 2. The van der Waals surface area contributed by atoms with E-state index in [1.54, 1.807) is 16.8 Å². The summed E-state index contributed by atoms with van der Waals surface area (Å²) in [6.45, 7) is -0.0525. The standard InChI is InChI=1S/C18H19F2N3O2/c19-17(20)11-25-16-5-2-1-4-13(16)12-6-7-14-15(10-12)23(8-3-9-24)22-18(14)21/h1-2,4-7,10,17,24H,3,8-9,11H2,(H2,21,22). The van der Waals surface area contributed by atoms with Gasteiger partial charge < -0.3 is 15.6 Å². The van der Waals surface area contributed by atoms with Crippen LogP contribution in [0.1, 0.15) is 6.42 Å². The lowest BCUT2D eigenvalue weighted by molar-refractivity contribution is 0.0822. The topological polar surface area (TPSA) is 73.3 Å². The van der Waals surface area contributed by atoms with Crippen molar-refractivity contribution in [1.29, 1.82) is 0 Å². The quantitative estimate of drug-likeness (QED) is 0.688. The number of nitrogen functional groups attached to an aromatic ring is 1. The minimum atomic E-state index is -2.53. The molecular weight excluding hydrogens is 328 g/mol. The highest BCUT2D eigenvalue weighted by Crippen LogP contribution is 2.33. The van der Waals surface area contributed by atoms with Crippen LogP contribution in [0.5, 0.6) is 5.75 Å². The van der Waals surface area contributed by atoms with Crippen LogP contribution in [0.15, 0.2) is 42.5 Å². The zero-order chi connectivity index (χ0) is 17.8. The summed E-state index contributed by atoms with van der Waals surface area (Å²) in [6.07, 6.45) is -1.97. The highest BCUT2D eigenvalue weighted by atomic mass is 19.3. The van der Waals surface area contributed by atoms with Crippen molar-refractivity contribution < 1.29 is 18.6 Å². The Morgan fingerprint density at radius 1 is 1.20 bits per heavy atom. The molecule has 0 aliphatic carbocycles. The normalized spacial score (nSPS) is 11.4. The lowest BCUT2D eigenvalue weighted by Gasteiger charge is -2.12. The van der Waals surface area contributed by atoms with Crippen molar-refractivity contribution in [2.24, 2.45) is 0 Å². The summed E-state index contributed by atoms with van der Waals surface area (Å²) in [4.78, 5) is 0. The SMILES string of the molecule is Nc1nn(CCCO)c2cc(-c3ccccc3OCC(F)F)ccc12. The van der Waals surface area contributed by atoms with E-state index in [4.69, 9.17) is 15.6 Å². The first-order chi connectivity index (χ1) is 12.1. The minimum absolute atomic E-state index is 0.0608. The molecule has 0 atom stereocenters. The van der Waals surface area contributed by atoms with Gasteiger partial charge in [0, 0.05) is 24.1 Å². The monoisotopic (exact) mass is 347 g/mol. The van der Waals surface area contributed by atoms with Gasteiger partial charge >= 0.3 is 0 Å². The van der Waals surface area contributed by atoms with Crippen LogP contribution in [0.3, 0.4) is 0 Å². The molecule has 3 aromatic rings. The highest BCUT2D eigenvalue weighted by Gasteiger charge is 2.13. The van der Waals surface area contributed by atoms with Gasteiger partial charge in [-0.25, -0.2) is 8.78 Å². The number of rotatable bonds is 7. The third-order valence-corrected chi connectivity index (χ3v) is 3.87. The van der Waals surface area contributed by atoms with Crippen LogP contribution < -0.4 is 10.5 Å². The number of nitrogens with zero attached hydrogens (tertiary/aromatic N) is 2. The maximum atomic E-state index is 12.5. The predicted octanol–water partition coefficient (Wildman–Crippen LogP) is 3.31. The Hall–Kier alpha value is -2.67. The summed E-state index contributed by atoms with van der Waals surface area (Å²) in [7, 11) is 0. The van der Waals surface area contributed by atoms with E-state index in [1.165, 1.54) is 0 Å². The first-order valence-electron chi connectivity index (χ1n) is 7.97. The second-order valence-corrected chi connectivity index (χ2v) is 5.62. The molecule has 0 spiro atoms. The number of aliphatic hydroxyl groups is 1. The van der Waals surface area contributed by atoms with E-state index in [9.17, 15) is 8.78 Å². The Morgan fingerprint density at radius 3 is 2.76 bits per heavy atom. The van der Waals surface area contributed by atoms with E-state index in [2.05, 4.69) is 5.10 Å². The number of hydrogen-bond acceptors (Lipinski definition) is 4. The number of fused-ring (bicyclic) bond motifs is 1. The van der Waals surface area contributed by atoms with E-state index in [0.29, 0.717) is 24.5 Å². The summed E-state index contributed by atoms with van der Waals surface area (Å²) in [6, 6.07) is 12.7. The van der Waals surface area contributed by atoms with Crippen LogP contribution in [-0.4, -0.2) is 34.5 Å². The van der Waals surface area contributed by atoms with E-state index < -0.39 is 13.0 Å². The number of hydrogen-bond donors (Lipinski definition) is 2. The molecular formula is C18H19F2N3O2. The summed E-state index contributed by atoms with van der Waals surface area (Å²) in [5.74, 6) is 0.818. The van der Waals surface area contributed by atoms with Crippen LogP contribution in [0.25, 0.3) is 22.0 Å². The van der Waals surface area contributed by atoms with Gasteiger partial charge in [-0.15, -0.1) is 0 Å².